The first kappa shape index (κ1) is 18.6. The molecule has 0 saturated heterocycles. The fraction of sp³-hybridized carbons (Fsp3) is 0.417. The number of rotatable bonds is 2. The van der Waals surface area contributed by atoms with Crippen LogP contribution < -0.4 is 9.47 Å². The number of benzene rings is 3. The molecule has 2 nitrogen and oxygen atoms in total. The van der Waals surface area contributed by atoms with Crippen LogP contribution in [0.2, 0.25) is 0 Å². The average Bonchev–Trinajstić information content (AvgIpc) is 2.56. The molecule has 0 aliphatic rings. The predicted octanol–water partition coefficient (Wildman–Crippen LogP) is 6.61. The Bertz CT molecular complexity index is 890. The first-order valence-electron chi connectivity index (χ1n) is 9.21. The standard InChI is InChI=1S/C24H30O2/c1-23(2,3)17-13-14-18(24(4,5)6)20-19(17)21(25-7)15-11-9-10-12-16(15)22(20)26-8/h9-14H,1-8H3. The molecule has 0 saturated carbocycles. The minimum Gasteiger partial charge on any atom is -0.495 e. The second-order valence-electron chi connectivity index (χ2n) is 9.02. The fourth-order valence-electron chi connectivity index (χ4n) is 3.90. The Hall–Kier alpha value is -2.22. The Kier molecular flexibility index (Phi) is 4.42. The van der Waals surface area contributed by atoms with E-state index >= 15 is 0 Å². The number of hydrogen-bond acceptors (Lipinski definition) is 2. The van der Waals surface area contributed by atoms with Crippen molar-refractivity contribution in [1.82, 2.24) is 0 Å². The molecule has 3 aromatic carbocycles. The zero-order valence-corrected chi connectivity index (χ0v) is 17.3. The Morgan fingerprint density at radius 2 is 0.923 bits per heavy atom. The number of hydrogen-bond donors (Lipinski definition) is 0. The minimum absolute atomic E-state index is 0.00455. The lowest BCUT2D eigenvalue weighted by atomic mass is 9.76. The smallest absolute Gasteiger partial charge is 0.135 e. The van der Waals surface area contributed by atoms with Crippen LogP contribution >= 0.6 is 0 Å². The third kappa shape index (κ3) is 2.82. The van der Waals surface area contributed by atoms with Crippen LogP contribution in [0.3, 0.4) is 0 Å². The quantitative estimate of drug-likeness (QED) is 0.484. The molecule has 0 N–H and O–H groups in total. The van der Waals surface area contributed by atoms with E-state index in [0.717, 1.165) is 22.3 Å². The molecule has 0 aliphatic carbocycles. The molecule has 0 heterocycles. The summed E-state index contributed by atoms with van der Waals surface area (Å²) in [6.07, 6.45) is 0. The molecule has 3 aromatic rings. The second kappa shape index (κ2) is 6.19. The zero-order chi connectivity index (χ0) is 19.3. The van der Waals surface area contributed by atoms with Crippen molar-refractivity contribution in [3.05, 3.63) is 47.5 Å². The fourth-order valence-corrected chi connectivity index (χ4v) is 3.90. The maximum Gasteiger partial charge on any atom is 0.135 e. The van der Waals surface area contributed by atoms with Crippen LogP contribution in [0.5, 0.6) is 11.5 Å². The summed E-state index contributed by atoms with van der Waals surface area (Å²) in [6, 6.07) is 12.9. The molecule has 0 fully saturated rings. The molecule has 0 unspecified atom stereocenters. The van der Waals surface area contributed by atoms with E-state index in [0.29, 0.717) is 0 Å². The third-order valence-electron chi connectivity index (χ3n) is 5.10. The van der Waals surface area contributed by atoms with Crippen molar-refractivity contribution in [2.75, 3.05) is 14.2 Å². The monoisotopic (exact) mass is 350 g/mol. The van der Waals surface area contributed by atoms with Gasteiger partial charge in [-0.1, -0.05) is 77.9 Å². The van der Waals surface area contributed by atoms with Gasteiger partial charge in [0.15, 0.2) is 0 Å². The molecule has 0 atom stereocenters. The van der Waals surface area contributed by atoms with Crippen LogP contribution in [0.1, 0.15) is 52.7 Å². The van der Waals surface area contributed by atoms with Gasteiger partial charge in [0.05, 0.1) is 14.2 Å². The Labute approximate surface area is 157 Å². The summed E-state index contributed by atoms with van der Waals surface area (Å²) in [5.41, 5.74) is 2.55. The van der Waals surface area contributed by atoms with E-state index in [1.165, 1.54) is 21.9 Å². The van der Waals surface area contributed by atoms with Crippen molar-refractivity contribution in [1.29, 1.82) is 0 Å². The first-order valence-corrected chi connectivity index (χ1v) is 9.21. The molecule has 3 rings (SSSR count). The van der Waals surface area contributed by atoms with Gasteiger partial charge in [-0.05, 0) is 22.0 Å². The van der Waals surface area contributed by atoms with E-state index in [-0.39, 0.29) is 10.8 Å². The molecular weight excluding hydrogens is 320 g/mol. The summed E-state index contributed by atoms with van der Waals surface area (Å²) in [7, 11) is 3.54. The normalized spacial score (nSPS) is 12.6. The van der Waals surface area contributed by atoms with E-state index in [9.17, 15) is 0 Å². The summed E-state index contributed by atoms with van der Waals surface area (Å²) >= 11 is 0. The number of fused-ring (bicyclic) bond motifs is 2. The Morgan fingerprint density at radius 3 is 1.19 bits per heavy atom. The highest BCUT2D eigenvalue weighted by Crippen LogP contribution is 2.49. The molecule has 2 heteroatoms. The van der Waals surface area contributed by atoms with Gasteiger partial charge in [0.2, 0.25) is 0 Å². The summed E-state index contributed by atoms with van der Waals surface area (Å²) < 4.78 is 12.0. The molecule has 0 bridgehead atoms. The lowest BCUT2D eigenvalue weighted by Gasteiger charge is -2.29. The van der Waals surface area contributed by atoms with E-state index in [4.69, 9.17) is 9.47 Å². The predicted molar refractivity (Wildman–Crippen MR) is 112 cm³/mol. The number of ether oxygens (including phenoxy) is 2. The minimum atomic E-state index is -0.00455. The molecule has 0 amide bonds. The van der Waals surface area contributed by atoms with Gasteiger partial charge in [0.1, 0.15) is 11.5 Å². The van der Waals surface area contributed by atoms with Gasteiger partial charge >= 0.3 is 0 Å². The van der Waals surface area contributed by atoms with E-state index in [2.05, 4.69) is 77.9 Å². The van der Waals surface area contributed by atoms with Crippen LogP contribution in [0.4, 0.5) is 0 Å². The summed E-state index contributed by atoms with van der Waals surface area (Å²) in [5.74, 6) is 1.87. The average molecular weight is 351 g/mol. The molecule has 26 heavy (non-hydrogen) atoms. The van der Waals surface area contributed by atoms with Crippen molar-refractivity contribution in [2.45, 2.75) is 52.4 Å². The van der Waals surface area contributed by atoms with Gasteiger partial charge in [-0.15, -0.1) is 0 Å². The molecule has 0 aliphatic heterocycles. The largest absolute Gasteiger partial charge is 0.495 e. The lowest BCUT2D eigenvalue weighted by molar-refractivity contribution is 0.416. The van der Waals surface area contributed by atoms with Crippen molar-refractivity contribution in [3.8, 4) is 11.5 Å². The highest BCUT2D eigenvalue weighted by molar-refractivity contribution is 6.13. The summed E-state index contributed by atoms with van der Waals surface area (Å²) in [4.78, 5) is 0. The number of methoxy groups -OCH3 is 2. The van der Waals surface area contributed by atoms with Gasteiger partial charge in [-0.3, -0.25) is 0 Å². The first-order chi connectivity index (χ1) is 12.1. The third-order valence-corrected chi connectivity index (χ3v) is 5.10. The van der Waals surface area contributed by atoms with Crippen LogP contribution in [0.15, 0.2) is 36.4 Å². The van der Waals surface area contributed by atoms with E-state index < -0.39 is 0 Å². The molecule has 138 valence electrons. The molecular formula is C24H30O2. The van der Waals surface area contributed by atoms with Crippen LogP contribution in [-0.2, 0) is 10.8 Å². The SMILES string of the molecule is COc1c2ccccc2c(OC)c2c(C(C)(C)C)ccc(C(C)(C)C)c12. The van der Waals surface area contributed by atoms with Crippen LogP contribution in [0, 0.1) is 0 Å². The summed E-state index contributed by atoms with van der Waals surface area (Å²) in [5, 5.41) is 4.53. The van der Waals surface area contributed by atoms with Crippen molar-refractivity contribution in [3.63, 3.8) is 0 Å². The van der Waals surface area contributed by atoms with Gasteiger partial charge < -0.3 is 9.47 Å². The molecule has 0 spiro atoms. The zero-order valence-electron chi connectivity index (χ0n) is 17.3. The highest BCUT2D eigenvalue weighted by atomic mass is 16.5. The van der Waals surface area contributed by atoms with Crippen molar-refractivity contribution >= 4 is 21.5 Å². The Balaban J connectivity index is 2.72. The topological polar surface area (TPSA) is 18.5 Å². The lowest BCUT2D eigenvalue weighted by Crippen LogP contribution is -2.17. The molecule has 0 radical (unpaired) electrons. The van der Waals surface area contributed by atoms with Crippen molar-refractivity contribution in [2.24, 2.45) is 0 Å². The van der Waals surface area contributed by atoms with E-state index in [1.54, 1.807) is 14.2 Å². The van der Waals surface area contributed by atoms with Crippen LogP contribution in [-0.4, -0.2) is 14.2 Å². The second-order valence-corrected chi connectivity index (χ2v) is 9.02. The Morgan fingerprint density at radius 1 is 0.577 bits per heavy atom. The maximum absolute atomic E-state index is 5.99. The van der Waals surface area contributed by atoms with Gasteiger partial charge in [-0.25, -0.2) is 0 Å². The van der Waals surface area contributed by atoms with Crippen LogP contribution in [0.25, 0.3) is 21.5 Å². The van der Waals surface area contributed by atoms with Gasteiger partial charge in [0, 0.05) is 21.5 Å². The highest BCUT2D eigenvalue weighted by Gasteiger charge is 2.28. The maximum atomic E-state index is 5.99. The van der Waals surface area contributed by atoms with Gasteiger partial charge in [-0.2, -0.15) is 0 Å². The van der Waals surface area contributed by atoms with Crippen molar-refractivity contribution < 1.29 is 9.47 Å². The summed E-state index contributed by atoms with van der Waals surface area (Å²) in [6.45, 7) is 13.5. The van der Waals surface area contributed by atoms with E-state index in [1.807, 2.05) is 0 Å². The molecule has 0 aromatic heterocycles. The van der Waals surface area contributed by atoms with Gasteiger partial charge in [0.25, 0.3) is 0 Å².